The fraction of sp³-hybridized carbons (Fsp3) is 0.500. The van der Waals surface area contributed by atoms with Gasteiger partial charge in [-0.25, -0.2) is 4.79 Å². The molecule has 1 aliphatic heterocycles. The molecule has 0 aliphatic carbocycles. The van der Waals surface area contributed by atoms with Crippen LogP contribution < -0.4 is 9.64 Å². The van der Waals surface area contributed by atoms with E-state index in [4.69, 9.17) is 9.47 Å². The Bertz CT molecular complexity index is 413. The average molecular weight is 329 g/mol. The fourth-order valence-corrected chi connectivity index (χ4v) is 2.36. The summed E-state index contributed by atoms with van der Waals surface area (Å²) in [5, 5.41) is 0. The number of ether oxygens (including phenoxy) is 2. The molecule has 0 unspecified atom stereocenters. The third kappa shape index (κ3) is 4.84. The molecular formula is C14H19BrNO3+. The third-order valence-electron chi connectivity index (χ3n) is 3.25. The Morgan fingerprint density at radius 1 is 1.32 bits per heavy atom. The number of hydrogen-bond donors (Lipinski definition) is 1. The number of carbonyl (C=O) groups excluding carboxylic acids is 1. The van der Waals surface area contributed by atoms with Crippen LogP contribution in [0.1, 0.15) is 12.8 Å². The van der Waals surface area contributed by atoms with Gasteiger partial charge in [-0.15, -0.1) is 0 Å². The van der Waals surface area contributed by atoms with Gasteiger partial charge in [0.2, 0.25) is 0 Å². The van der Waals surface area contributed by atoms with Crippen LogP contribution in [0.2, 0.25) is 0 Å². The first-order valence-corrected chi connectivity index (χ1v) is 7.32. The molecule has 0 aromatic heterocycles. The number of carbonyl (C=O) groups is 1. The van der Waals surface area contributed by atoms with Crippen molar-refractivity contribution in [1.29, 1.82) is 0 Å². The Morgan fingerprint density at radius 3 is 2.58 bits per heavy atom. The highest BCUT2D eigenvalue weighted by molar-refractivity contribution is 9.10. The molecule has 1 saturated heterocycles. The van der Waals surface area contributed by atoms with Crippen molar-refractivity contribution < 1.29 is 19.2 Å². The number of piperidine rings is 1. The van der Waals surface area contributed by atoms with Crippen LogP contribution in [-0.2, 0) is 9.53 Å². The second-order valence-electron chi connectivity index (χ2n) is 4.89. The van der Waals surface area contributed by atoms with Crippen molar-refractivity contribution in [2.24, 2.45) is 0 Å². The van der Waals surface area contributed by atoms with Crippen LogP contribution in [0.25, 0.3) is 0 Å². The maximum Gasteiger partial charge on any atom is 0.344 e. The first kappa shape index (κ1) is 14.3. The normalized spacial score (nSPS) is 22.8. The van der Waals surface area contributed by atoms with Crippen molar-refractivity contribution in [3.05, 3.63) is 28.7 Å². The fourth-order valence-electron chi connectivity index (χ4n) is 2.09. The highest BCUT2D eigenvalue weighted by atomic mass is 79.9. The van der Waals surface area contributed by atoms with Gasteiger partial charge in [0.25, 0.3) is 0 Å². The van der Waals surface area contributed by atoms with Crippen LogP contribution >= 0.6 is 15.9 Å². The summed E-state index contributed by atoms with van der Waals surface area (Å²) < 4.78 is 11.8. The van der Waals surface area contributed by atoms with E-state index in [9.17, 15) is 4.79 Å². The van der Waals surface area contributed by atoms with Gasteiger partial charge in [0, 0.05) is 17.3 Å². The van der Waals surface area contributed by atoms with Crippen LogP contribution in [0.5, 0.6) is 5.75 Å². The van der Waals surface area contributed by atoms with Gasteiger partial charge in [0.1, 0.15) is 11.9 Å². The largest absolute Gasteiger partial charge is 0.482 e. The maximum atomic E-state index is 11.7. The lowest BCUT2D eigenvalue weighted by molar-refractivity contribution is -0.885. The van der Waals surface area contributed by atoms with Gasteiger partial charge in [0.05, 0.1) is 20.1 Å². The average Bonchev–Trinajstić information content (AvgIpc) is 2.41. The minimum atomic E-state index is -0.285. The SMILES string of the molecule is C[NH+]1CCC(OC(=O)COc2ccc(Br)cc2)CC1. The molecule has 1 aromatic carbocycles. The van der Waals surface area contributed by atoms with E-state index in [1.807, 2.05) is 24.3 Å². The van der Waals surface area contributed by atoms with E-state index in [1.165, 1.54) is 4.90 Å². The predicted molar refractivity (Wildman–Crippen MR) is 75.4 cm³/mol. The molecule has 4 nitrogen and oxygen atoms in total. The van der Waals surface area contributed by atoms with Gasteiger partial charge in [-0.2, -0.15) is 0 Å². The molecule has 0 radical (unpaired) electrons. The van der Waals surface area contributed by atoms with Crippen LogP contribution in [0.15, 0.2) is 28.7 Å². The monoisotopic (exact) mass is 328 g/mol. The van der Waals surface area contributed by atoms with E-state index in [0.29, 0.717) is 5.75 Å². The van der Waals surface area contributed by atoms with Crippen molar-refractivity contribution in [2.75, 3.05) is 26.7 Å². The zero-order chi connectivity index (χ0) is 13.7. The van der Waals surface area contributed by atoms with Gasteiger partial charge in [0.15, 0.2) is 6.61 Å². The Balaban J connectivity index is 1.71. The lowest BCUT2D eigenvalue weighted by Gasteiger charge is -2.26. The molecule has 0 saturated carbocycles. The van der Waals surface area contributed by atoms with E-state index < -0.39 is 0 Å². The second kappa shape index (κ2) is 6.91. The molecule has 2 rings (SSSR count). The zero-order valence-corrected chi connectivity index (χ0v) is 12.6. The zero-order valence-electron chi connectivity index (χ0n) is 11.0. The van der Waals surface area contributed by atoms with Crippen molar-refractivity contribution in [3.63, 3.8) is 0 Å². The minimum Gasteiger partial charge on any atom is -0.482 e. The Morgan fingerprint density at radius 2 is 1.95 bits per heavy atom. The lowest BCUT2D eigenvalue weighted by atomic mass is 10.1. The van der Waals surface area contributed by atoms with E-state index in [1.54, 1.807) is 0 Å². The number of benzene rings is 1. The Labute approximate surface area is 121 Å². The maximum absolute atomic E-state index is 11.7. The van der Waals surface area contributed by atoms with Gasteiger partial charge in [-0.05, 0) is 24.3 Å². The number of hydrogen-bond acceptors (Lipinski definition) is 3. The summed E-state index contributed by atoms with van der Waals surface area (Å²) in [6.07, 6.45) is 1.94. The van der Waals surface area contributed by atoms with Crippen LogP contribution in [0, 0.1) is 0 Å². The topological polar surface area (TPSA) is 40.0 Å². The summed E-state index contributed by atoms with van der Waals surface area (Å²) in [5.74, 6) is 0.389. The van der Waals surface area contributed by atoms with E-state index in [0.717, 1.165) is 30.4 Å². The molecule has 104 valence electrons. The predicted octanol–water partition coefficient (Wildman–Crippen LogP) is 1.05. The molecule has 0 bridgehead atoms. The number of nitrogens with one attached hydrogen (secondary N) is 1. The number of quaternary nitrogens is 1. The molecule has 0 spiro atoms. The van der Waals surface area contributed by atoms with Crippen LogP contribution in [0.4, 0.5) is 0 Å². The quantitative estimate of drug-likeness (QED) is 0.840. The molecule has 1 aromatic rings. The number of esters is 1. The van der Waals surface area contributed by atoms with Crippen molar-refractivity contribution >= 4 is 21.9 Å². The summed E-state index contributed by atoms with van der Waals surface area (Å²) in [4.78, 5) is 13.2. The van der Waals surface area contributed by atoms with Gasteiger partial charge in [-0.3, -0.25) is 0 Å². The molecule has 19 heavy (non-hydrogen) atoms. The summed E-state index contributed by atoms with van der Waals surface area (Å²) in [6, 6.07) is 7.38. The number of halogens is 1. The van der Waals surface area contributed by atoms with Crippen molar-refractivity contribution in [2.45, 2.75) is 18.9 Å². The Hall–Kier alpha value is -1.07. The first-order valence-electron chi connectivity index (χ1n) is 6.52. The summed E-state index contributed by atoms with van der Waals surface area (Å²) >= 11 is 3.35. The summed E-state index contributed by atoms with van der Waals surface area (Å²) in [6.45, 7) is 2.10. The smallest absolute Gasteiger partial charge is 0.344 e. The van der Waals surface area contributed by atoms with Crippen LogP contribution in [0.3, 0.4) is 0 Å². The second-order valence-corrected chi connectivity index (χ2v) is 5.80. The summed E-state index contributed by atoms with van der Waals surface area (Å²) in [5.41, 5.74) is 0. The van der Waals surface area contributed by atoms with Crippen molar-refractivity contribution in [1.82, 2.24) is 0 Å². The molecule has 1 heterocycles. The minimum absolute atomic E-state index is 0.0270. The van der Waals surface area contributed by atoms with E-state index >= 15 is 0 Å². The molecule has 1 N–H and O–H groups in total. The third-order valence-corrected chi connectivity index (χ3v) is 3.78. The van der Waals surface area contributed by atoms with Gasteiger partial charge in [-0.1, -0.05) is 15.9 Å². The van der Waals surface area contributed by atoms with Crippen molar-refractivity contribution in [3.8, 4) is 5.75 Å². The lowest BCUT2D eigenvalue weighted by Crippen LogP contribution is -3.10. The number of rotatable bonds is 4. The molecule has 0 atom stereocenters. The van der Waals surface area contributed by atoms with Gasteiger partial charge < -0.3 is 14.4 Å². The Kier molecular flexibility index (Phi) is 5.22. The highest BCUT2D eigenvalue weighted by Gasteiger charge is 2.22. The highest BCUT2D eigenvalue weighted by Crippen LogP contribution is 2.16. The molecule has 0 amide bonds. The van der Waals surface area contributed by atoms with Crippen LogP contribution in [-0.4, -0.2) is 38.8 Å². The molecule has 1 aliphatic rings. The molecule has 5 heteroatoms. The first-order chi connectivity index (χ1) is 9.13. The van der Waals surface area contributed by atoms with Gasteiger partial charge >= 0.3 is 5.97 Å². The standard InChI is InChI=1S/C14H18BrNO3/c1-16-8-6-13(7-9-16)19-14(17)10-18-12-4-2-11(15)3-5-12/h2-5,13H,6-10H2,1H3/p+1. The van der Waals surface area contributed by atoms with E-state index in [-0.39, 0.29) is 18.7 Å². The summed E-state index contributed by atoms with van der Waals surface area (Å²) in [7, 11) is 2.16. The molecule has 1 fully saturated rings. The van der Waals surface area contributed by atoms with E-state index in [2.05, 4.69) is 23.0 Å². The molecular weight excluding hydrogens is 310 g/mol. The number of likely N-dealkylation sites (tertiary alicyclic amines) is 1.